The van der Waals surface area contributed by atoms with Crippen molar-refractivity contribution in [1.29, 1.82) is 0 Å². The van der Waals surface area contributed by atoms with E-state index in [2.05, 4.69) is 5.32 Å². The van der Waals surface area contributed by atoms with Crippen molar-refractivity contribution in [3.05, 3.63) is 35.9 Å². The van der Waals surface area contributed by atoms with Crippen LogP contribution in [-0.2, 0) is 20.9 Å². The van der Waals surface area contributed by atoms with E-state index in [0.717, 1.165) is 5.56 Å². The van der Waals surface area contributed by atoms with E-state index in [1.54, 1.807) is 0 Å². The molecule has 0 saturated heterocycles. The van der Waals surface area contributed by atoms with Gasteiger partial charge in [0.15, 0.2) is 0 Å². The van der Waals surface area contributed by atoms with Crippen molar-refractivity contribution < 1.29 is 19.4 Å². The van der Waals surface area contributed by atoms with Crippen LogP contribution in [0.2, 0.25) is 0 Å². The van der Waals surface area contributed by atoms with Crippen molar-refractivity contribution in [2.75, 3.05) is 13.2 Å². The number of benzene rings is 1. The average molecular weight is 252 g/mol. The van der Waals surface area contributed by atoms with E-state index < -0.39 is 17.9 Å². The van der Waals surface area contributed by atoms with Gasteiger partial charge in [0.05, 0.1) is 13.2 Å². The van der Waals surface area contributed by atoms with Crippen LogP contribution in [0.5, 0.6) is 0 Å². The second-order valence-electron chi connectivity index (χ2n) is 3.70. The van der Waals surface area contributed by atoms with E-state index in [1.807, 2.05) is 30.3 Å². The normalized spacial score (nSPS) is 11.8. The van der Waals surface area contributed by atoms with Gasteiger partial charge in [-0.25, -0.2) is 0 Å². The van der Waals surface area contributed by atoms with E-state index in [-0.39, 0.29) is 13.2 Å². The van der Waals surface area contributed by atoms with Gasteiger partial charge in [-0.2, -0.15) is 0 Å². The summed E-state index contributed by atoms with van der Waals surface area (Å²) in [7, 11) is 0. The lowest BCUT2D eigenvalue weighted by Crippen LogP contribution is -2.41. The number of rotatable bonds is 7. The molecule has 0 aliphatic heterocycles. The number of nitrogens with one attached hydrogen (secondary N) is 1. The third kappa shape index (κ3) is 5.42. The van der Waals surface area contributed by atoms with Crippen molar-refractivity contribution in [2.24, 2.45) is 5.73 Å². The average Bonchev–Trinajstić information content (AvgIpc) is 2.37. The van der Waals surface area contributed by atoms with Gasteiger partial charge in [0.1, 0.15) is 12.7 Å². The molecule has 2 amide bonds. The van der Waals surface area contributed by atoms with Crippen molar-refractivity contribution in [3.63, 3.8) is 0 Å². The third-order valence-corrected chi connectivity index (χ3v) is 2.17. The van der Waals surface area contributed by atoms with E-state index >= 15 is 0 Å². The van der Waals surface area contributed by atoms with E-state index in [0.29, 0.717) is 6.61 Å². The molecule has 0 saturated carbocycles. The molecule has 1 aromatic carbocycles. The van der Waals surface area contributed by atoms with Crippen LogP contribution in [-0.4, -0.2) is 36.2 Å². The van der Waals surface area contributed by atoms with Gasteiger partial charge in [0.2, 0.25) is 11.8 Å². The summed E-state index contributed by atoms with van der Waals surface area (Å²) in [4.78, 5) is 21.8. The molecule has 4 N–H and O–H groups in total. The molecule has 0 aromatic heterocycles. The second-order valence-corrected chi connectivity index (χ2v) is 3.70. The minimum atomic E-state index is -1.37. The molecule has 1 rings (SSSR count). The number of hydrogen-bond acceptors (Lipinski definition) is 4. The summed E-state index contributed by atoms with van der Waals surface area (Å²) in [6.45, 7) is -0.0180. The van der Waals surface area contributed by atoms with Crippen LogP contribution in [0.25, 0.3) is 0 Å². The van der Waals surface area contributed by atoms with Gasteiger partial charge in [-0.3, -0.25) is 9.59 Å². The van der Waals surface area contributed by atoms with Crippen LogP contribution >= 0.6 is 0 Å². The lowest BCUT2D eigenvalue weighted by molar-refractivity contribution is -0.129. The fraction of sp³-hybridized carbons (Fsp3) is 0.333. The molecule has 1 atom stereocenters. The first-order valence-electron chi connectivity index (χ1n) is 5.45. The Morgan fingerprint density at radius 3 is 2.61 bits per heavy atom. The van der Waals surface area contributed by atoms with Crippen LogP contribution in [0.3, 0.4) is 0 Å². The van der Waals surface area contributed by atoms with Crippen molar-refractivity contribution in [1.82, 2.24) is 5.32 Å². The monoisotopic (exact) mass is 252 g/mol. The molecule has 18 heavy (non-hydrogen) atoms. The minimum absolute atomic E-state index is 0.139. The van der Waals surface area contributed by atoms with Crippen molar-refractivity contribution >= 4 is 11.8 Å². The molecule has 1 unspecified atom stereocenters. The number of nitrogens with two attached hydrogens (primary N) is 1. The van der Waals surface area contributed by atoms with Crippen molar-refractivity contribution in [2.45, 2.75) is 12.7 Å². The SMILES string of the molecule is NC(=O)C(O)CNC(=O)COCc1ccccc1. The summed E-state index contributed by atoms with van der Waals surface area (Å²) in [6, 6.07) is 9.41. The third-order valence-electron chi connectivity index (χ3n) is 2.17. The first kappa shape index (κ1) is 14.1. The quantitative estimate of drug-likeness (QED) is 0.589. The number of amides is 2. The number of ether oxygens (including phenoxy) is 1. The number of primary amides is 1. The topological polar surface area (TPSA) is 102 Å². The summed E-state index contributed by atoms with van der Waals surface area (Å²) in [5.74, 6) is -1.29. The molecule has 1 aromatic rings. The van der Waals surface area contributed by atoms with Gasteiger partial charge in [0.25, 0.3) is 0 Å². The molecular weight excluding hydrogens is 236 g/mol. The molecule has 0 aliphatic carbocycles. The van der Waals surface area contributed by atoms with Gasteiger partial charge < -0.3 is 20.9 Å². The van der Waals surface area contributed by atoms with E-state index in [4.69, 9.17) is 15.6 Å². The molecule has 0 radical (unpaired) electrons. The summed E-state index contributed by atoms with van der Waals surface area (Å²) in [5.41, 5.74) is 5.79. The highest BCUT2D eigenvalue weighted by Crippen LogP contribution is 1.99. The Hall–Kier alpha value is -1.92. The lowest BCUT2D eigenvalue weighted by atomic mass is 10.2. The number of carbonyl (C=O) groups is 2. The zero-order valence-corrected chi connectivity index (χ0v) is 9.83. The van der Waals surface area contributed by atoms with Gasteiger partial charge in [-0.15, -0.1) is 0 Å². The Balaban J connectivity index is 2.16. The van der Waals surface area contributed by atoms with Gasteiger partial charge in [-0.05, 0) is 5.56 Å². The molecule has 98 valence electrons. The predicted molar refractivity (Wildman–Crippen MR) is 64.3 cm³/mol. The summed E-state index contributed by atoms with van der Waals surface area (Å²) >= 11 is 0. The maximum Gasteiger partial charge on any atom is 0.248 e. The molecule has 0 bridgehead atoms. The number of carbonyl (C=O) groups excluding carboxylic acids is 2. The smallest absolute Gasteiger partial charge is 0.248 e. The highest BCUT2D eigenvalue weighted by molar-refractivity contribution is 5.81. The maximum atomic E-state index is 11.3. The number of aliphatic hydroxyl groups excluding tert-OH is 1. The molecule has 0 fully saturated rings. The van der Waals surface area contributed by atoms with Gasteiger partial charge in [0, 0.05) is 0 Å². The predicted octanol–water partition coefficient (Wildman–Crippen LogP) is -0.834. The summed E-state index contributed by atoms with van der Waals surface area (Å²) < 4.78 is 5.16. The molecule has 0 aliphatic rings. The zero-order chi connectivity index (χ0) is 13.4. The van der Waals surface area contributed by atoms with Crippen LogP contribution in [0.1, 0.15) is 5.56 Å². The van der Waals surface area contributed by atoms with Gasteiger partial charge in [-0.1, -0.05) is 30.3 Å². The Bertz CT molecular complexity index is 394. The lowest BCUT2D eigenvalue weighted by Gasteiger charge is -2.08. The zero-order valence-electron chi connectivity index (χ0n) is 9.83. The molecule has 0 spiro atoms. The van der Waals surface area contributed by atoms with Gasteiger partial charge >= 0.3 is 0 Å². The van der Waals surface area contributed by atoms with E-state index in [1.165, 1.54) is 0 Å². The first-order chi connectivity index (χ1) is 8.59. The Morgan fingerprint density at radius 1 is 1.33 bits per heavy atom. The second kappa shape index (κ2) is 7.41. The number of hydrogen-bond donors (Lipinski definition) is 3. The van der Waals surface area contributed by atoms with Crippen LogP contribution in [0, 0.1) is 0 Å². The largest absolute Gasteiger partial charge is 0.381 e. The first-order valence-corrected chi connectivity index (χ1v) is 5.45. The molecule has 0 heterocycles. The Labute approximate surface area is 105 Å². The van der Waals surface area contributed by atoms with Crippen LogP contribution < -0.4 is 11.1 Å². The maximum absolute atomic E-state index is 11.3. The fourth-order valence-corrected chi connectivity index (χ4v) is 1.20. The van der Waals surface area contributed by atoms with Crippen molar-refractivity contribution in [3.8, 4) is 0 Å². The Morgan fingerprint density at radius 2 is 2.00 bits per heavy atom. The number of aliphatic hydroxyl groups is 1. The summed E-state index contributed by atoms with van der Waals surface area (Å²) in [6.07, 6.45) is -1.37. The molecule has 6 heteroatoms. The molecular formula is C12H16N2O4. The molecule has 6 nitrogen and oxygen atoms in total. The highest BCUT2D eigenvalue weighted by atomic mass is 16.5. The fourth-order valence-electron chi connectivity index (χ4n) is 1.20. The standard InChI is InChI=1S/C12H16N2O4/c13-12(17)10(15)6-14-11(16)8-18-7-9-4-2-1-3-5-9/h1-5,10,15H,6-8H2,(H2,13,17)(H,14,16). The van der Waals surface area contributed by atoms with Crippen LogP contribution in [0.4, 0.5) is 0 Å². The minimum Gasteiger partial charge on any atom is -0.381 e. The summed E-state index contributed by atoms with van der Waals surface area (Å²) in [5, 5.41) is 11.4. The Kier molecular flexibility index (Phi) is 5.83. The van der Waals surface area contributed by atoms with E-state index in [9.17, 15) is 9.59 Å². The highest BCUT2D eigenvalue weighted by Gasteiger charge is 2.11. The van der Waals surface area contributed by atoms with Crippen LogP contribution in [0.15, 0.2) is 30.3 Å².